The van der Waals surface area contributed by atoms with Crippen molar-refractivity contribution in [2.45, 2.75) is 32.7 Å². The van der Waals surface area contributed by atoms with E-state index in [1.807, 2.05) is 13.8 Å². The lowest BCUT2D eigenvalue weighted by atomic mass is 9.96. The topological polar surface area (TPSA) is 76.8 Å². The number of amides is 1. The second kappa shape index (κ2) is 8.09. The molecule has 3 heterocycles. The normalized spacial score (nSPS) is 23.3. The van der Waals surface area contributed by atoms with Crippen LogP contribution in [-0.2, 0) is 20.7 Å². The molecule has 2 atom stereocenters. The van der Waals surface area contributed by atoms with Crippen LogP contribution in [0.4, 0.5) is 0 Å². The number of hydrogen-bond acceptors (Lipinski definition) is 6. The number of aryl methyl sites for hydroxylation is 2. The van der Waals surface area contributed by atoms with Crippen molar-refractivity contribution in [3.05, 3.63) is 17.0 Å². The molecule has 0 unspecified atom stereocenters. The molecule has 0 radical (unpaired) electrons. The van der Waals surface area contributed by atoms with E-state index in [4.69, 9.17) is 14.0 Å². The SMILES string of the molecule is Cc1noc(C)c1CC(=O)NC[C@@H]([C@H]1CCOC1)N1CCOCC1. The molecule has 0 spiro atoms. The molecule has 0 bridgehead atoms. The summed E-state index contributed by atoms with van der Waals surface area (Å²) in [6, 6.07) is 0.310. The Labute approximate surface area is 142 Å². The first-order valence-electron chi connectivity index (χ1n) is 8.73. The van der Waals surface area contributed by atoms with E-state index in [1.165, 1.54) is 0 Å². The third kappa shape index (κ3) is 4.15. The van der Waals surface area contributed by atoms with Gasteiger partial charge in [-0.15, -0.1) is 0 Å². The van der Waals surface area contributed by atoms with E-state index >= 15 is 0 Å². The first-order valence-corrected chi connectivity index (χ1v) is 8.73. The summed E-state index contributed by atoms with van der Waals surface area (Å²) in [4.78, 5) is 14.8. The van der Waals surface area contributed by atoms with Crippen LogP contribution in [0.2, 0.25) is 0 Å². The summed E-state index contributed by atoms with van der Waals surface area (Å²) in [6.45, 7) is 9.31. The van der Waals surface area contributed by atoms with E-state index in [2.05, 4.69) is 15.4 Å². The van der Waals surface area contributed by atoms with Gasteiger partial charge in [0.15, 0.2) is 0 Å². The zero-order valence-electron chi connectivity index (χ0n) is 14.5. The van der Waals surface area contributed by atoms with Gasteiger partial charge in [0.05, 0.1) is 31.9 Å². The molecule has 0 aromatic carbocycles. The third-order valence-electron chi connectivity index (χ3n) is 5.05. The summed E-state index contributed by atoms with van der Waals surface area (Å²) in [5.74, 6) is 1.21. The maximum absolute atomic E-state index is 12.4. The van der Waals surface area contributed by atoms with Crippen molar-refractivity contribution in [1.82, 2.24) is 15.4 Å². The predicted molar refractivity (Wildman–Crippen MR) is 87.8 cm³/mol. The lowest BCUT2D eigenvalue weighted by molar-refractivity contribution is -0.121. The van der Waals surface area contributed by atoms with Crippen molar-refractivity contribution in [3.63, 3.8) is 0 Å². The minimum absolute atomic E-state index is 0.0153. The molecule has 2 saturated heterocycles. The van der Waals surface area contributed by atoms with Crippen molar-refractivity contribution in [2.24, 2.45) is 5.92 Å². The molecule has 24 heavy (non-hydrogen) atoms. The Morgan fingerprint density at radius 2 is 2.08 bits per heavy atom. The molecular formula is C17H27N3O4. The maximum atomic E-state index is 12.4. The van der Waals surface area contributed by atoms with Gasteiger partial charge in [0.1, 0.15) is 5.76 Å². The molecule has 134 valence electrons. The number of carbonyl (C=O) groups is 1. The van der Waals surface area contributed by atoms with E-state index in [0.29, 0.717) is 24.9 Å². The van der Waals surface area contributed by atoms with Crippen LogP contribution in [0.15, 0.2) is 4.52 Å². The van der Waals surface area contributed by atoms with E-state index < -0.39 is 0 Å². The minimum Gasteiger partial charge on any atom is -0.381 e. The molecule has 1 N–H and O–H groups in total. The molecule has 0 saturated carbocycles. The van der Waals surface area contributed by atoms with Crippen LogP contribution < -0.4 is 5.32 Å². The van der Waals surface area contributed by atoms with Crippen molar-refractivity contribution < 1.29 is 18.8 Å². The molecule has 1 aromatic rings. The van der Waals surface area contributed by atoms with Crippen LogP contribution in [0.5, 0.6) is 0 Å². The minimum atomic E-state index is 0.0153. The fraction of sp³-hybridized carbons (Fsp3) is 0.765. The van der Waals surface area contributed by atoms with Gasteiger partial charge in [0.25, 0.3) is 0 Å². The van der Waals surface area contributed by atoms with Crippen LogP contribution in [0, 0.1) is 19.8 Å². The highest BCUT2D eigenvalue weighted by atomic mass is 16.5. The van der Waals surface area contributed by atoms with E-state index in [0.717, 1.165) is 63.0 Å². The zero-order valence-corrected chi connectivity index (χ0v) is 14.5. The molecule has 3 rings (SSSR count). The number of rotatable bonds is 6. The molecule has 1 amide bonds. The number of nitrogens with zero attached hydrogens (tertiary/aromatic N) is 2. The van der Waals surface area contributed by atoms with Gasteiger partial charge in [0.2, 0.25) is 5.91 Å². The highest BCUT2D eigenvalue weighted by molar-refractivity contribution is 5.79. The number of ether oxygens (including phenoxy) is 2. The zero-order chi connectivity index (χ0) is 16.9. The van der Waals surface area contributed by atoms with Crippen LogP contribution in [0.1, 0.15) is 23.4 Å². The highest BCUT2D eigenvalue weighted by Crippen LogP contribution is 2.22. The number of hydrogen-bond donors (Lipinski definition) is 1. The first-order chi connectivity index (χ1) is 11.6. The van der Waals surface area contributed by atoms with Gasteiger partial charge >= 0.3 is 0 Å². The number of carbonyl (C=O) groups excluding carboxylic acids is 1. The molecule has 7 nitrogen and oxygen atoms in total. The van der Waals surface area contributed by atoms with Crippen molar-refractivity contribution in [1.29, 1.82) is 0 Å². The number of morpholine rings is 1. The van der Waals surface area contributed by atoms with Crippen molar-refractivity contribution in [3.8, 4) is 0 Å². The summed E-state index contributed by atoms with van der Waals surface area (Å²) >= 11 is 0. The Morgan fingerprint density at radius 1 is 1.29 bits per heavy atom. The fourth-order valence-electron chi connectivity index (χ4n) is 3.55. The van der Waals surface area contributed by atoms with Gasteiger partial charge < -0.3 is 19.3 Å². The fourth-order valence-corrected chi connectivity index (χ4v) is 3.55. The van der Waals surface area contributed by atoms with Gasteiger partial charge in [-0.1, -0.05) is 5.16 Å². The Balaban J connectivity index is 1.57. The Hall–Kier alpha value is -1.44. The summed E-state index contributed by atoms with van der Waals surface area (Å²) in [7, 11) is 0. The van der Waals surface area contributed by atoms with Gasteiger partial charge in [-0.2, -0.15) is 0 Å². The first kappa shape index (κ1) is 17.4. The van der Waals surface area contributed by atoms with Gasteiger partial charge in [-0.3, -0.25) is 9.69 Å². The molecule has 1 aromatic heterocycles. The molecule has 2 fully saturated rings. The van der Waals surface area contributed by atoms with E-state index in [-0.39, 0.29) is 5.91 Å². The van der Waals surface area contributed by atoms with E-state index in [1.54, 1.807) is 0 Å². The van der Waals surface area contributed by atoms with Crippen LogP contribution >= 0.6 is 0 Å². The molecule has 2 aliphatic rings. The number of aromatic nitrogens is 1. The van der Waals surface area contributed by atoms with E-state index in [9.17, 15) is 4.79 Å². The van der Waals surface area contributed by atoms with Crippen molar-refractivity contribution in [2.75, 3.05) is 46.1 Å². The summed E-state index contributed by atoms with van der Waals surface area (Å²) < 4.78 is 16.1. The second-order valence-corrected chi connectivity index (χ2v) is 6.62. The summed E-state index contributed by atoms with van der Waals surface area (Å²) in [5, 5.41) is 7.01. The molecule has 7 heteroatoms. The van der Waals surface area contributed by atoms with Gasteiger partial charge in [-0.05, 0) is 20.3 Å². The Morgan fingerprint density at radius 3 is 2.71 bits per heavy atom. The lowest BCUT2D eigenvalue weighted by Gasteiger charge is -2.37. The van der Waals surface area contributed by atoms with Gasteiger partial charge in [-0.25, -0.2) is 0 Å². The monoisotopic (exact) mass is 337 g/mol. The Bertz CT molecular complexity index is 529. The number of nitrogens with one attached hydrogen (secondary N) is 1. The molecule has 0 aliphatic carbocycles. The third-order valence-corrected chi connectivity index (χ3v) is 5.05. The molecule has 2 aliphatic heterocycles. The lowest BCUT2D eigenvalue weighted by Crippen LogP contribution is -2.52. The second-order valence-electron chi connectivity index (χ2n) is 6.62. The largest absolute Gasteiger partial charge is 0.381 e. The smallest absolute Gasteiger partial charge is 0.224 e. The highest BCUT2D eigenvalue weighted by Gasteiger charge is 2.31. The van der Waals surface area contributed by atoms with Crippen LogP contribution in [-0.4, -0.2) is 68.1 Å². The standard InChI is InChI=1S/C17H27N3O4/c1-12-15(13(2)24-19-12)9-17(21)18-10-16(14-3-6-23-11-14)20-4-7-22-8-5-20/h14,16H,3-11H2,1-2H3,(H,18,21)/t14-,16-/m0/s1. The average Bonchev–Trinajstić information content (AvgIpc) is 3.22. The van der Waals surface area contributed by atoms with Crippen LogP contribution in [0.3, 0.4) is 0 Å². The average molecular weight is 337 g/mol. The maximum Gasteiger partial charge on any atom is 0.224 e. The summed E-state index contributed by atoms with van der Waals surface area (Å²) in [6.07, 6.45) is 1.37. The van der Waals surface area contributed by atoms with Crippen LogP contribution in [0.25, 0.3) is 0 Å². The van der Waals surface area contributed by atoms with Gasteiger partial charge in [0, 0.05) is 43.8 Å². The predicted octanol–water partition coefficient (Wildman–Crippen LogP) is 0.687. The Kier molecular flexibility index (Phi) is 5.86. The van der Waals surface area contributed by atoms with Crippen molar-refractivity contribution >= 4 is 5.91 Å². The molecular weight excluding hydrogens is 310 g/mol. The summed E-state index contributed by atoms with van der Waals surface area (Å²) in [5.41, 5.74) is 1.68. The quantitative estimate of drug-likeness (QED) is 0.823.